The molecule has 0 fully saturated rings. The second-order valence-corrected chi connectivity index (χ2v) is 6.14. The fourth-order valence-corrected chi connectivity index (χ4v) is 3.00. The number of hydrogen-bond acceptors (Lipinski definition) is 2. The Hall–Kier alpha value is -0.780. The smallest absolute Gasteiger partial charge is 0.159 e. The van der Waals surface area contributed by atoms with Crippen LogP contribution in [0.2, 0.25) is 0 Å². The van der Waals surface area contributed by atoms with Gasteiger partial charge in [-0.3, -0.25) is 0 Å². The molecule has 1 N–H and O–H groups in total. The molecule has 1 atom stereocenters. The van der Waals surface area contributed by atoms with Crippen molar-refractivity contribution in [3.63, 3.8) is 0 Å². The minimum absolute atomic E-state index is 0.118. The summed E-state index contributed by atoms with van der Waals surface area (Å²) in [5.41, 5.74) is 1.76. The van der Waals surface area contributed by atoms with Crippen molar-refractivity contribution in [3.05, 3.63) is 56.2 Å². The summed E-state index contributed by atoms with van der Waals surface area (Å²) in [6.07, 6.45) is 0. The van der Waals surface area contributed by atoms with Gasteiger partial charge in [0.15, 0.2) is 11.6 Å². The van der Waals surface area contributed by atoms with E-state index < -0.39 is 11.6 Å². The Kier molecular flexibility index (Phi) is 4.48. The molecule has 0 saturated heterocycles. The quantitative estimate of drug-likeness (QED) is 0.870. The fourth-order valence-electron chi connectivity index (χ4n) is 1.80. The van der Waals surface area contributed by atoms with Crippen molar-refractivity contribution in [3.8, 4) is 0 Å². The van der Waals surface area contributed by atoms with Crippen LogP contribution >= 0.6 is 27.3 Å². The van der Waals surface area contributed by atoms with Gasteiger partial charge in [-0.1, -0.05) is 13.0 Å². The zero-order chi connectivity index (χ0) is 13.1. The lowest BCUT2D eigenvalue weighted by Gasteiger charge is -2.17. The van der Waals surface area contributed by atoms with E-state index in [-0.39, 0.29) is 6.04 Å². The van der Waals surface area contributed by atoms with Crippen molar-refractivity contribution in [1.29, 1.82) is 0 Å². The van der Waals surface area contributed by atoms with Gasteiger partial charge in [-0.05, 0) is 57.2 Å². The van der Waals surface area contributed by atoms with Crippen LogP contribution in [0.3, 0.4) is 0 Å². The Bertz CT molecular complexity index is 542. The van der Waals surface area contributed by atoms with E-state index in [9.17, 15) is 8.78 Å². The van der Waals surface area contributed by atoms with Gasteiger partial charge in [0.2, 0.25) is 0 Å². The van der Waals surface area contributed by atoms with E-state index in [1.54, 1.807) is 17.4 Å². The number of thiophene rings is 1. The lowest BCUT2D eigenvalue weighted by molar-refractivity contribution is 0.504. The first-order valence-corrected chi connectivity index (χ1v) is 7.21. The van der Waals surface area contributed by atoms with Gasteiger partial charge >= 0.3 is 0 Å². The number of benzene rings is 1. The van der Waals surface area contributed by atoms with Gasteiger partial charge in [0.1, 0.15) is 0 Å². The third-order valence-corrected chi connectivity index (χ3v) is 4.13. The molecular weight excluding hydrogens is 320 g/mol. The maximum absolute atomic E-state index is 13.3. The summed E-state index contributed by atoms with van der Waals surface area (Å²) >= 11 is 4.98. The lowest BCUT2D eigenvalue weighted by atomic mass is 10.0. The monoisotopic (exact) mass is 331 g/mol. The SMILES string of the molecule is CCNC(c1csc(Br)c1)c1ccc(F)c(F)c1. The molecule has 18 heavy (non-hydrogen) atoms. The molecule has 0 aliphatic heterocycles. The van der Waals surface area contributed by atoms with Crippen molar-refractivity contribution >= 4 is 27.3 Å². The molecule has 2 rings (SSSR count). The van der Waals surface area contributed by atoms with Crippen LogP contribution < -0.4 is 5.32 Å². The average Bonchev–Trinajstić information content (AvgIpc) is 2.76. The minimum atomic E-state index is -0.819. The van der Waals surface area contributed by atoms with E-state index >= 15 is 0 Å². The molecule has 0 bridgehead atoms. The highest BCUT2D eigenvalue weighted by Gasteiger charge is 2.16. The van der Waals surface area contributed by atoms with Crippen LogP contribution in [0.4, 0.5) is 8.78 Å². The molecular formula is C13H12BrF2NS. The van der Waals surface area contributed by atoms with Crippen molar-refractivity contribution in [2.45, 2.75) is 13.0 Å². The van der Waals surface area contributed by atoms with Gasteiger partial charge in [-0.15, -0.1) is 11.3 Å². The predicted molar refractivity (Wildman–Crippen MR) is 73.9 cm³/mol. The average molecular weight is 332 g/mol. The van der Waals surface area contributed by atoms with Crippen molar-refractivity contribution < 1.29 is 8.78 Å². The molecule has 1 aromatic carbocycles. The summed E-state index contributed by atoms with van der Waals surface area (Å²) in [5, 5.41) is 5.27. The third kappa shape index (κ3) is 2.96. The first-order valence-electron chi connectivity index (χ1n) is 5.54. The maximum atomic E-state index is 13.3. The first-order chi connectivity index (χ1) is 8.61. The van der Waals surface area contributed by atoms with Crippen LogP contribution in [0.1, 0.15) is 24.1 Å². The van der Waals surface area contributed by atoms with E-state index in [1.165, 1.54) is 6.07 Å². The van der Waals surface area contributed by atoms with Crippen LogP contribution in [-0.4, -0.2) is 6.54 Å². The van der Waals surface area contributed by atoms with E-state index in [4.69, 9.17) is 0 Å². The zero-order valence-electron chi connectivity index (χ0n) is 9.71. The molecule has 96 valence electrons. The van der Waals surface area contributed by atoms with Crippen LogP contribution in [-0.2, 0) is 0 Å². The molecule has 2 aromatic rings. The summed E-state index contributed by atoms with van der Waals surface area (Å²) in [5.74, 6) is -1.63. The lowest BCUT2D eigenvalue weighted by Crippen LogP contribution is -2.21. The largest absolute Gasteiger partial charge is 0.307 e. The van der Waals surface area contributed by atoms with Gasteiger partial charge in [-0.2, -0.15) is 0 Å². The molecule has 0 amide bonds. The molecule has 0 saturated carbocycles. The Morgan fingerprint density at radius 3 is 2.56 bits per heavy atom. The van der Waals surface area contributed by atoms with Gasteiger partial charge in [0.05, 0.1) is 9.83 Å². The summed E-state index contributed by atoms with van der Waals surface area (Å²) < 4.78 is 27.3. The molecule has 5 heteroatoms. The molecule has 1 nitrogen and oxygen atoms in total. The molecule has 1 unspecified atom stereocenters. The van der Waals surface area contributed by atoms with Crippen LogP contribution in [0.15, 0.2) is 33.4 Å². The summed E-state index contributed by atoms with van der Waals surface area (Å²) in [7, 11) is 0. The highest BCUT2D eigenvalue weighted by Crippen LogP contribution is 2.29. The molecule has 1 heterocycles. The van der Waals surface area contributed by atoms with Gasteiger partial charge < -0.3 is 5.32 Å². The Morgan fingerprint density at radius 1 is 1.22 bits per heavy atom. The molecule has 0 aliphatic rings. The number of nitrogens with one attached hydrogen (secondary N) is 1. The van der Waals surface area contributed by atoms with Crippen LogP contribution in [0.5, 0.6) is 0 Å². The Balaban J connectivity index is 2.37. The second kappa shape index (κ2) is 5.91. The van der Waals surface area contributed by atoms with Gasteiger partial charge in [-0.25, -0.2) is 8.78 Å². The van der Waals surface area contributed by atoms with E-state index in [0.29, 0.717) is 0 Å². The van der Waals surface area contributed by atoms with E-state index in [0.717, 1.165) is 27.5 Å². The molecule has 0 radical (unpaired) electrons. The summed E-state index contributed by atoms with van der Waals surface area (Å²) in [4.78, 5) is 0. The number of rotatable bonds is 4. The van der Waals surface area contributed by atoms with Crippen LogP contribution in [0, 0.1) is 11.6 Å². The topological polar surface area (TPSA) is 12.0 Å². The number of halogens is 3. The van der Waals surface area contributed by atoms with E-state index in [1.807, 2.05) is 18.4 Å². The van der Waals surface area contributed by atoms with Gasteiger partial charge in [0.25, 0.3) is 0 Å². The minimum Gasteiger partial charge on any atom is -0.307 e. The van der Waals surface area contributed by atoms with Crippen molar-refractivity contribution in [2.24, 2.45) is 0 Å². The first kappa shape index (κ1) is 13.6. The Morgan fingerprint density at radius 2 is 2.00 bits per heavy atom. The number of hydrogen-bond donors (Lipinski definition) is 1. The predicted octanol–water partition coefficient (Wildman–Crippen LogP) is 4.49. The van der Waals surface area contributed by atoms with Crippen molar-refractivity contribution in [2.75, 3.05) is 6.54 Å². The third-order valence-electron chi connectivity index (χ3n) is 2.61. The normalized spacial score (nSPS) is 12.7. The molecule has 0 spiro atoms. The fraction of sp³-hybridized carbons (Fsp3) is 0.231. The molecule has 1 aromatic heterocycles. The summed E-state index contributed by atoms with van der Waals surface area (Å²) in [6, 6.07) is 5.88. The Labute approximate surface area is 117 Å². The highest BCUT2D eigenvalue weighted by atomic mass is 79.9. The zero-order valence-corrected chi connectivity index (χ0v) is 12.1. The van der Waals surface area contributed by atoms with E-state index in [2.05, 4.69) is 21.2 Å². The van der Waals surface area contributed by atoms with Gasteiger partial charge in [0, 0.05) is 0 Å². The second-order valence-electron chi connectivity index (χ2n) is 3.85. The maximum Gasteiger partial charge on any atom is 0.159 e. The van der Waals surface area contributed by atoms with Crippen molar-refractivity contribution in [1.82, 2.24) is 5.32 Å². The highest BCUT2D eigenvalue weighted by molar-refractivity contribution is 9.11. The standard InChI is InChI=1S/C13H12BrF2NS/c1-2-17-13(9-6-12(14)18-7-9)8-3-4-10(15)11(16)5-8/h3-7,13,17H,2H2,1H3. The molecule has 0 aliphatic carbocycles. The summed E-state index contributed by atoms with van der Waals surface area (Å²) in [6.45, 7) is 2.73. The van der Waals surface area contributed by atoms with Crippen LogP contribution in [0.25, 0.3) is 0 Å².